The molecule has 32 heavy (non-hydrogen) atoms. The highest BCUT2D eigenvalue weighted by Crippen LogP contribution is 2.35. The van der Waals surface area contributed by atoms with E-state index in [1.54, 1.807) is 28.4 Å². The number of aryl methyl sites for hydroxylation is 2. The van der Waals surface area contributed by atoms with Crippen LogP contribution in [0.15, 0.2) is 30.3 Å². The topological polar surface area (TPSA) is 64.1 Å². The van der Waals surface area contributed by atoms with Gasteiger partial charge in [0.05, 0.1) is 23.4 Å². The van der Waals surface area contributed by atoms with Gasteiger partial charge in [-0.2, -0.15) is 0 Å². The Morgan fingerprint density at radius 1 is 1.06 bits per heavy atom. The van der Waals surface area contributed by atoms with Crippen LogP contribution in [-0.2, 0) is 4.74 Å². The molecular weight excluding hydrogens is 426 g/mol. The number of nitrogens with zero attached hydrogens (tertiary/aromatic N) is 3. The van der Waals surface area contributed by atoms with Gasteiger partial charge in [0.25, 0.3) is 5.91 Å². The summed E-state index contributed by atoms with van der Waals surface area (Å²) < 4.78 is 17.9. The van der Waals surface area contributed by atoms with E-state index in [0.717, 1.165) is 48.2 Å². The van der Waals surface area contributed by atoms with E-state index in [9.17, 15) is 4.79 Å². The summed E-state index contributed by atoms with van der Waals surface area (Å²) in [4.78, 5) is 22.7. The Labute approximate surface area is 191 Å². The molecule has 5 rings (SSSR count). The summed E-state index contributed by atoms with van der Waals surface area (Å²) in [5.74, 6) is 1.22. The van der Waals surface area contributed by atoms with Crippen LogP contribution in [0.25, 0.3) is 10.2 Å². The molecule has 3 heterocycles. The van der Waals surface area contributed by atoms with Crippen molar-refractivity contribution in [2.24, 2.45) is 0 Å². The van der Waals surface area contributed by atoms with E-state index >= 15 is 0 Å². The highest BCUT2D eigenvalue weighted by atomic mass is 32.1. The Morgan fingerprint density at radius 3 is 2.66 bits per heavy atom. The van der Waals surface area contributed by atoms with E-state index < -0.39 is 0 Å². The van der Waals surface area contributed by atoms with Crippen LogP contribution in [-0.4, -0.2) is 68.4 Å². The monoisotopic (exact) mass is 453 g/mol. The Bertz CT molecular complexity index is 1140. The van der Waals surface area contributed by atoms with Crippen molar-refractivity contribution in [3.63, 3.8) is 0 Å². The normalized spacial score (nSPS) is 16.3. The number of carbonyl (C=O) groups is 1. The number of hydrogen-bond acceptors (Lipinski definition) is 7. The van der Waals surface area contributed by atoms with Crippen molar-refractivity contribution in [3.8, 4) is 11.5 Å². The molecule has 0 unspecified atom stereocenters. The van der Waals surface area contributed by atoms with Crippen molar-refractivity contribution in [2.45, 2.75) is 13.8 Å². The molecule has 1 fully saturated rings. The van der Waals surface area contributed by atoms with Gasteiger partial charge in [-0.1, -0.05) is 17.4 Å². The van der Waals surface area contributed by atoms with Crippen molar-refractivity contribution >= 4 is 32.6 Å². The van der Waals surface area contributed by atoms with Crippen LogP contribution in [0, 0.1) is 13.8 Å². The van der Waals surface area contributed by atoms with Gasteiger partial charge in [0.2, 0.25) is 0 Å². The largest absolute Gasteiger partial charge is 0.486 e. The van der Waals surface area contributed by atoms with Crippen LogP contribution in [0.1, 0.15) is 21.5 Å². The van der Waals surface area contributed by atoms with Gasteiger partial charge in [-0.15, -0.1) is 0 Å². The fourth-order valence-corrected chi connectivity index (χ4v) is 5.20. The SMILES string of the molecule is Cc1cc(C)c2sc(N(CCN3CCOCC3)C(=O)c3ccc4c(c3)OCCO4)nc2c1. The van der Waals surface area contributed by atoms with E-state index in [1.165, 1.54) is 11.1 Å². The molecule has 1 amide bonds. The number of morpholine rings is 1. The van der Waals surface area contributed by atoms with Crippen LogP contribution in [0.4, 0.5) is 5.13 Å². The second-order valence-corrected chi connectivity index (χ2v) is 9.17. The lowest BCUT2D eigenvalue weighted by Gasteiger charge is -2.29. The number of thiazole rings is 1. The Hall–Kier alpha value is -2.68. The second kappa shape index (κ2) is 9.05. The molecule has 2 aromatic carbocycles. The summed E-state index contributed by atoms with van der Waals surface area (Å²) in [6.07, 6.45) is 0. The molecule has 3 aromatic rings. The summed E-state index contributed by atoms with van der Waals surface area (Å²) in [6, 6.07) is 9.64. The van der Waals surface area contributed by atoms with Gasteiger partial charge < -0.3 is 14.2 Å². The number of carbonyl (C=O) groups excluding carboxylic acids is 1. The number of fused-ring (bicyclic) bond motifs is 2. The lowest BCUT2D eigenvalue weighted by molar-refractivity contribution is 0.0391. The third kappa shape index (κ3) is 4.30. The summed E-state index contributed by atoms with van der Waals surface area (Å²) in [7, 11) is 0. The molecule has 2 aliphatic heterocycles. The standard InChI is InChI=1S/C24H27N3O4S/c1-16-13-17(2)22-19(14-16)25-24(32-22)27(6-5-26-7-9-29-10-8-26)23(28)18-3-4-20-21(15-18)31-12-11-30-20/h3-4,13-15H,5-12H2,1-2H3. The van der Waals surface area contributed by atoms with Crippen LogP contribution in [0.5, 0.6) is 11.5 Å². The molecule has 168 valence electrons. The van der Waals surface area contributed by atoms with Gasteiger partial charge in [-0.3, -0.25) is 14.6 Å². The van der Waals surface area contributed by atoms with Crippen LogP contribution >= 0.6 is 11.3 Å². The second-order valence-electron chi connectivity index (χ2n) is 8.20. The zero-order valence-corrected chi connectivity index (χ0v) is 19.2. The average molecular weight is 454 g/mol. The number of ether oxygens (including phenoxy) is 3. The lowest BCUT2D eigenvalue weighted by atomic mass is 10.1. The highest BCUT2D eigenvalue weighted by molar-refractivity contribution is 7.22. The van der Waals surface area contributed by atoms with E-state index in [1.807, 2.05) is 6.07 Å². The summed E-state index contributed by atoms with van der Waals surface area (Å²) in [6.45, 7) is 9.73. The molecule has 0 atom stereocenters. The molecule has 0 bridgehead atoms. The lowest BCUT2D eigenvalue weighted by Crippen LogP contribution is -2.43. The predicted molar refractivity (Wildman–Crippen MR) is 125 cm³/mol. The Kier molecular flexibility index (Phi) is 5.99. The van der Waals surface area contributed by atoms with Gasteiger partial charge >= 0.3 is 0 Å². The van der Waals surface area contributed by atoms with E-state index in [4.69, 9.17) is 19.2 Å². The fourth-order valence-electron chi connectivity index (χ4n) is 4.16. The minimum absolute atomic E-state index is 0.0799. The molecule has 2 aliphatic rings. The number of benzene rings is 2. The number of amides is 1. The highest BCUT2D eigenvalue weighted by Gasteiger charge is 2.25. The maximum absolute atomic E-state index is 13.7. The molecule has 0 radical (unpaired) electrons. The molecule has 1 aromatic heterocycles. The van der Waals surface area contributed by atoms with Crippen molar-refractivity contribution in [1.29, 1.82) is 0 Å². The zero-order chi connectivity index (χ0) is 22.1. The molecule has 0 spiro atoms. The quantitative estimate of drug-likeness (QED) is 0.588. The van der Waals surface area contributed by atoms with E-state index in [2.05, 4.69) is 30.9 Å². The van der Waals surface area contributed by atoms with Gasteiger partial charge in [0, 0.05) is 31.7 Å². The summed E-state index contributed by atoms with van der Waals surface area (Å²) in [5, 5.41) is 0.724. The fraction of sp³-hybridized carbons (Fsp3) is 0.417. The van der Waals surface area contributed by atoms with Crippen molar-refractivity contribution < 1.29 is 19.0 Å². The number of anilines is 1. The molecule has 1 saturated heterocycles. The predicted octanol–water partition coefficient (Wildman–Crippen LogP) is 3.66. The van der Waals surface area contributed by atoms with Gasteiger partial charge in [-0.05, 0) is 49.2 Å². The molecule has 0 saturated carbocycles. The third-order valence-corrected chi connectivity index (χ3v) is 7.05. The van der Waals surface area contributed by atoms with Crippen LogP contribution in [0.3, 0.4) is 0 Å². The molecule has 7 nitrogen and oxygen atoms in total. The first-order chi connectivity index (χ1) is 15.6. The number of aromatic nitrogens is 1. The first-order valence-corrected chi connectivity index (χ1v) is 11.8. The number of hydrogen-bond donors (Lipinski definition) is 0. The van der Waals surface area contributed by atoms with Gasteiger partial charge in [0.15, 0.2) is 16.6 Å². The molecular formula is C24H27N3O4S. The Balaban J connectivity index is 1.47. The number of rotatable bonds is 5. The first-order valence-electron chi connectivity index (χ1n) is 11.0. The maximum atomic E-state index is 13.7. The van der Waals surface area contributed by atoms with Crippen molar-refractivity contribution in [1.82, 2.24) is 9.88 Å². The van der Waals surface area contributed by atoms with E-state index in [0.29, 0.717) is 36.8 Å². The Morgan fingerprint density at radius 2 is 1.84 bits per heavy atom. The summed E-state index contributed by atoms with van der Waals surface area (Å²) in [5.41, 5.74) is 3.87. The smallest absolute Gasteiger partial charge is 0.260 e. The van der Waals surface area contributed by atoms with Gasteiger partial charge in [0.1, 0.15) is 13.2 Å². The molecule has 0 N–H and O–H groups in total. The first kappa shape index (κ1) is 21.2. The maximum Gasteiger partial charge on any atom is 0.260 e. The van der Waals surface area contributed by atoms with E-state index in [-0.39, 0.29) is 5.91 Å². The summed E-state index contributed by atoms with van der Waals surface area (Å²) >= 11 is 1.57. The van der Waals surface area contributed by atoms with Crippen LogP contribution in [0.2, 0.25) is 0 Å². The van der Waals surface area contributed by atoms with Crippen molar-refractivity contribution in [3.05, 3.63) is 47.0 Å². The minimum atomic E-state index is -0.0799. The molecule has 0 aliphatic carbocycles. The van der Waals surface area contributed by atoms with Gasteiger partial charge in [-0.25, -0.2) is 4.98 Å². The third-order valence-electron chi connectivity index (χ3n) is 5.82. The average Bonchev–Trinajstić information content (AvgIpc) is 3.23. The zero-order valence-electron chi connectivity index (χ0n) is 18.4. The van der Waals surface area contributed by atoms with Crippen molar-refractivity contribution in [2.75, 3.05) is 57.5 Å². The van der Waals surface area contributed by atoms with Crippen LogP contribution < -0.4 is 14.4 Å². The minimum Gasteiger partial charge on any atom is -0.486 e. The molecule has 8 heteroatoms.